The fourth-order valence-corrected chi connectivity index (χ4v) is 19.7. The number of piperazine rings is 3. The lowest BCUT2D eigenvalue weighted by Gasteiger charge is -2.42. The number of rotatable bonds is 25. The molecule has 9 aliphatic heterocycles. The van der Waals surface area contributed by atoms with Gasteiger partial charge in [0, 0.05) is 149 Å². The number of hydrogen-bond acceptors (Lipinski definition) is 26. The lowest BCUT2D eigenvalue weighted by molar-refractivity contribution is -0.140. The van der Waals surface area contributed by atoms with E-state index >= 15 is 35.1 Å². The number of fused-ring (bicyclic) bond motifs is 4. The molecule has 0 bridgehead atoms. The van der Waals surface area contributed by atoms with E-state index in [-0.39, 0.29) is 177 Å². The number of alkyl halides is 6. The van der Waals surface area contributed by atoms with Crippen LogP contribution in [0.3, 0.4) is 0 Å². The molecule has 0 saturated carbocycles. The highest BCUT2D eigenvalue weighted by atomic mass is 19.4. The fraction of sp³-hybridized carbons (Fsp3) is 0.500. The van der Waals surface area contributed by atoms with Gasteiger partial charge in [0.2, 0.25) is 17.7 Å². The van der Waals surface area contributed by atoms with Gasteiger partial charge >= 0.3 is 30.4 Å². The summed E-state index contributed by atoms with van der Waals surface area (Å²) in [6.45, 7) is 14.7. The summed E-state index contributed by atoms with van der Waals surface area (Å²) >= 11 is 0. The highest BCUT2D eigenvalue weighted by molar-refractivity contribution is 5.94. The summed E-state index contributed by atoms with van der Waals surface area (Å²) in [5.41, 5.74) is -0.195. The maximum Gasteiger partial charge on any atom is 0.421 e. The van der Waals surface area contributed by atoms with Crippen molar-refractivity contribution in [2.75, 3.05) is 169 Å². The Morgan fingerprint density at radius 2 is 0.929 bits per heavy atom. The van der Waals surface area contributed by atoms with Gasteiger partial charge in [0.15, 0.2) is 5.82 Å². The number of anilines is 6. The number of carbonyl (C=O) groups is 3. The molecule has 37 heteroatoms. The zero-order valence-corrected chi connectivity index (χ0v) is 71.1. The molecule has 2 unspecified atom stereocenters. The van der Waals surface area contributed by atoms with Crippen LogP contribution in [0.5, 0.6) is 18.0 Å². The quantitative estimate of drug-likeness (QED) is 0.0380. The van der Waals surface area contributed by atoms with E-state index in [1.165, 1.54) is 39.0 Å². The van der Waals surface area contributed by atoms with E-state index in [4.69, 9.17) is 48.9 Å². The number of benzene rings is 3. The van der Waals surface area contributed by atoms with E-state index in [0.29, 0.717) is 92.9 Å². The van der Waals surface area contributed by atoms with Crippen molar-refractivity contribution in [2.24, 2.45) is 0 Å². The van der Waals surface area contributed by atoms with E-state index in [1.807, 2.05) is 47.0 Å². The third kappa shape index (κ3) is 18.5. The largest absolute Gasteiger partial charge is 0.462 e. The Morgan fingerprint density at radius 1 is 0.480 bits per heavy atom. The number of amides is 3. The minimum atomic E-state index is -5.21. The van der Waals surface area contributed by atoms with Gasteiger partial charge in [-0.1, -0.05) is 62.2 Å². The van der Waals surface area contributed by atoms with Crippen LogP contribution in [-0.2, 0) is 77.0 Å². The van der Waals surface area contributed by atoms with Gasteiger partial charge in [0.05, 0.1) is 128 Å². The van der Waals surface area contributed by atoms with Crippen LogP contribution < -0.4 is 43.6 Å². The standard InChI is InChI=1S/C90H100F8N22O7/c1-7-75(121)118-37-34-115(44-58(118)21-27-99)83-66-24-31-112(72-18-12-15-55-14-10-11-17-65(55)72)48-69(66)103-88(108-83)127-54-63-41-64(47-111(63)6)124-51-56-19-20-73(78(80(56)91)89(93,94)95)113-32-25-67-70(49-113)104-87(107-84(67)116-35-38-119(76(122)8-2)59(45-116)22-28-100)126-53-62-40-57(43-110(62)5)82-81(92)79(90(96,97)98)74(42-102-82)114-33-26-68-71(50-114)105-86(125-52-61-16-13-30-109(61)4)106-85(68)117-36-39-120(77(123)9-3)60(46-117)23-29-101/h7-12,14-15,17-20,42,57-64H,1-3,13,16,21-26,30-41,43-54H2,4-6H3/t57?,58?,59-,60-,61-,62+,63-,64+/m0/s1. The van der Waals surface area contributed by atoms with Crippen molar-refractivity contribution in [3.8, 4) is 36.2 Å². The molecule has 0 aliphatic carbocycles. The molecular formula is C90H100F8N22O7. The molecule has 127 heavy (non-hydrogen) atoms. The second kappa shape index (κ2) is 37.4. The summed E-state index contributed by atoms with van der Waals surface area (Å²) in [6.07, 6.45) is -3.24. The molecule has 0 N–H and O–H groups in total. The summed E-state index contributed by atoms with van der Waals surface area (Å²) in [5, 5.41) is 31.8. The van der Waals surface area contributed by atoms with Crippen LogP contribution in [0, 0.1) is 45.6 Å². The van der Waals surface area contributed by atoms with Crippen LogP contribution in [-0.4, -0.2) is 263 Å². The maximum atomic E-state index is 17.3. The Hall–Kier alpha value is -12.1. The van der Waals surface area contributed by atoms with Gasteiger partial charge in [-0.2, -0.15) is 72.0 Å². The predicted molar refractivity (Wildman–Crippen MR) is 455 cm³/mol. The van der Waals surface area contributed by atoms with Crippen LogP contribution in [0.4, 0.5) is 69.6 Å². The lowest BCUT2D eigenvalue weighted by Crippen LogP contribution is -2.55. The molecule has 7 aromatic rings. The van der Waals surface area contributed by atoms with Crippen molar-refractivity contribution in [3.05, 3.63) is 167 Å². The first-order valence-corrected chi connectivity index (χ1v) is 43.0. The average Bonchev–Trinajstić information content (AvgIpc) is 1.74. The van der Waals surface area contributed by atoms with Gasteiger partial charge in [-0.15, -0.1) is 0 Å². The van der Waals surface area contributed by atoms with Gasteiger partial charge in [-0.25, -0.2) is 8.78 Å². The minimum absolute atomic E-state index is 0.00148. The maximum absolute atomic E-state index is 17.3. The predicted octanol–water partition coefficient (Wildman–Crippen LogP) is 9.97. The number of aromatic nitrogens is 7. The van der Waals surface area contributed by atoms with Gasteiger partial charge in [0.25, 0.3) is 0 Å². The highest BCUT2D eigenvalue weighted by Crippen LogP contribution is 2.47. The average molecular weight is 1750 g/mol. The number of ether oxygens (including phenoxy) is 4. The van der Waals surface area contributed by atoms with Crippen molar-refractivity contribution in [3.63, 3.8) is 0 Å². The number of pyridine rings is 1. The topological polar surface area (TPSA) is 289 Å². The molecular weight excluding hydrogens is 1650 g/mol. The number of likely N-dealkylation sites (N-methyl/N-ethyl adjacent to an activating group) is 3. The molecule has 16 rings (SSSR count). The number of nitrogens with zero attached hydrogens (tertiary/aromatic N) is 22. The van der Waals surface area contributed by atoms with E-state index in [9.17, 15) is 30.2 Å². The van der Waals surface area contributed by atoms with Crippen molar-refractivity contribution < 1.29 is 68.5 Å². The molecule has 668 valence electrons. The Labute approximate surface area is 730 Å². The number of nitriles is 3. The van der Waals surface area contributed by atoms with Crippen LogP contribution in [0.2, 0.25) is 0 Å². The zero-order chi connectivity index (χ0) is 89.3. The Morgan fingerprint density at radius 3 is 1.40 bits per heavy atom. The normalized spacial score (nSPS) is 22.5. The molecule has 4 aromatic heterocycles. The molecule has 0 spiro atoms. The first-order chi connectivity index (χ1) is 61.2. The van der Waals surface area contributed by atoms with Crippen molar-refractivity contribution in [1.82, 2.24) is 64.3 Å². The molecule has 29 nitrogen and oxygen atoms in total. The highest BCUT2D eigenvalue weighted by Gasteiger charge is 2.47. The monoisotopic (exact) mass is 1750 g/mol. The zero-order valence-electron chi connectivity index (χ0n) is 71.1. The molecule has 13 heterocycles. The smallest absolute Gasteiger partial charge is 0.421 e. The summed E-state index contributed by atoms with van der Waals surface area (Å²) in [7, 11) is 5.55. The number of carbonyl (C=O) groups excluding carboxylic acids is 3. The van der Waals surface area contributed by atoms with Crippen LogP contribution in [0.1, 0.15) is 107 Å². The van der Waals surface area contributed by atoms with Crippen molar-refractivity contribution in [1.29, 1.82) is 15.8 Å². The van der Waals surface area contributed by atoms with Crippen LogP contribution in [0.15, 0.2) is 98.8 Å². The van der Waals surface area contributed by atoms with Crippen molar-refractivity contribution >= 4 is 63.0 Å². The molecule has 8 atom stereocenters. The van der Waals surface area contributed by atoms with Gasteiger partial charge < -0.3 is 67.9 Å². The summed E-state index contributed by atoms with van der Waals surface area (Å²) in [4.78, 5) is 94.6. The lowest BCUT2D eigenvalue weighted by atomic mass is 9.97. The van der Waals surface area contributed by atoms with Crippen molar-refractivity contribution in [2.45, 2.75) is 151 Å². The Bertz CT molecular complexity index is 5490. The van der Waals surface area contributed by atoms with E-state index in [1.54, 1.807) is 21.7 Å². The Kier molecular flexibility index (Phi) is 26.0. The fourth-order valence-electron chi connectivity index (χ4n) is 19.7. The second-order valence-electron chi connectivity index (χ2n) is 34.0. The summed E-state index contributed by atoms with van der Waals surface area (Å²) < 4.78 is 154. The number of likely N-dealkylation sites (tertiary alicyclic amines) is 3. The molecule has 6 fully saturated rings. The molecule has 9 aliphatic rings. The van der Waals surface area contributed by atoms with E-state index in [2.05, 4.69) is 81.9 Å². The van der Waals surface area contributed by atoms with Crippen LogP contribution >= 0.6 is 0 Å². The van der Waals surface area contributed by atoms with E-state index < -0.39 is 101 Å². The molecule has 3 amide bonds. The minimum Gasteiger partial charge on any atom is -0.462 e. The van der Waals surface area contributed by atoms with Gasteiger partial charge in [-0.05, 0) is 108 Å². The Balaban J connectivity index is 0.613. The van der Waals surface area contributed by atoms with Gasteiger partial charge in [0.1, 0.15) is 54.2 Å². The summed E-state index contributed by atoms with van der Waals surface area (Å²) in [5.74, 6) is -3.48. The third-order valence-corrected chi connectivity index (χ3v) is 26.4. The molecule has 3 aromatic carbocycles. The number of halogens is 8. The SMILES string of the molecule is C=CC(=O)N1CCN(c2nc(OC[C@@H]3C[C@@H](OCc4ccc(N5CCc6c(nc(OC[C@H]7CC(c8ncc(N9CCc%10c(nc(OC[C@@H]%11CCCN%11C)nc%10N%10CCN(C(=O)C=C)[C@@H](CC#N)C%10)C9)c(C(F)(F)F)c8F)CN7C)nc6N6CCN(C(=O)C=C)[C@@H](CC#N)C6)C5)c(C(F)(F)F)c4F)CN3C)nc3c2CCN(c2cccc4ccccc24)C3)CC1CC#N. The molecule has 0 radical (unpaired) electrons. The van der Waals surface area contributed by atoms with E-state index in [0.717, 1.165) is 59.4 Å². The second-order valence-corrected chi connectivity index (χ2v) is 34.0. The van der Waals surface area contributed by atoms with Gasteiger partial charge in [-0.3, -0.25) is 29.2 Å². The molecule has 6 saturated heterocycles. The summed E-state index contributed by atoms with van der Waals surface area (Å²) in [6, 6.07) is 20.9. The van der Waals surface area contributed by atoms with Crippen LogP contribution in [0.25, 0.3) is 10.8 Å². The first kappa shape index (κ1) is 88.3. The third-order valence-electron chi connectivity index (χ3n) is 26.4. The first-order valence-electron chi connectivity index (χ1n) is 43.0. The number of hydrogen-bond donors (Lipinski definition) is 0.